The van der Waals surface area contributed by atoms with Gasteiger partial charge in [0.1, 0.15) is 28.5 Å². The molecule has 0 saturated heterocycles. The van der Waals surface area contributed by atoms with Crippen molar-refractivity contribution in [3.63, 3.8) is 0 Å². The Morgan fingerprint density at radius 1 is 1.33 bits per heavy atom. The second-order valence-electron chi connectivity index (χ2n) is 5.11. The van der Waals surface area contributed by atoms with Gasteiger partial charge >= 0.3 is 0 Å². The number of nitrogens with two attached hydrogens (primary N) is 1. The van der Waals surface area contributed by atoms with Crippen molar-refractivity contribution in [2.45, 2.75) is 32.4 Å². The molecule has 0 aliphatic rings. The average molecular weight is 343 g/mol. The fraction of sp³-hybridized carbons (Fsp3) is 0.333. The maximum absolute atomic E-state index is 10.0. The first-order valence-electron chi connectivity index (χ1n) is 7.72. The van der Waals surface area contributed by atoms with Crippen LogP contribution in [0.2, 0.25) is 0 Å². The Balaban J connectivity index is 2.02. The lowest BCUT2D eigenvalue weighted by Crippen LogP contribution is -2.37. The fourth-order valence-corrected chi connectivity index (χ4v) is 2.49. The van der Waals surface area contributed by atoms with Gasteiger partial charge in [-0.2, -0.15) is 0 Å². The van der Waals surface area contributed by atoms with Crippen LogP contribution in [0.1, 0.15) is 28.9 Å². The first-order chi connectivity index (χ1) is 11.6. The van der Waals surface area contributed by atoms with E-state index in [0.29, 0.717) is 12.2 Å². The van der Waals surface area contributed by atoms with Crippen molar-refractivity contribution in [3.05, 3.63) is 39.8 Å². The summed E-state index contributed by atoms with van der Waals surface area (Å²) in [5.74, 6) is 6.34. The minimum atomic E-state index is -0.841. The van der Waals surface area contributed by atoms with Crippen LogP contribution in [0.3, 0.4) is 0 Å². The van der Waals surface area contributed by atoms with Gasteiger partial charge in [0.25, 0.3) is 0 Å². The summed E-state index contributed by atoms with van der Waals surface area (Å²) in [6.07, 6.45) is 3.67. The molecule has 24 heavy (non-hydrogen) atoms. The van der Waals surface area contributed by atoms with Gasteiger partial charge in [-0.25, -0.2) is 0 Å². The zero-order chi connectivity index (χ0) is 17.4. The van der Waals surface area contributed by atoms with Crippen molar-refractivity contribution in [2.24, 2.45) is 5.73 Å². The van der Waals surface area contributed by atoms with Crippen molar-refractivity contribution < 1.29 is 9.84 Å². The van der Waals surface area contributed by atoms with Gasteiger partial charge in [0.2, 0.25) is 0 Å². The summed E-state index contributed by atoms with van der Waals surface area (Å²) in [4.78, 5) is 0. The Kier molecular flexibility index (Phi) is 6.94. The van der Waals surface area contributed by atoms with Crippen molar-refractivity contribution in [1.29, 1.82) is 0 Å². The third kappa shape index (κ3) is 5.46. The van der Waals surface area contributed by atoms with E-state index in [0.717, 1.165) is 15.6 Å². The predicted molar refractivity (Wildman–Crippen MR) is 97.6 cm³/mol. The number of aliphatic hydroxyl groups excluding tert-OH is 1. The number of aliphatic hydroxyl groups is 1. The van der Waals surface area contributed by atoms with E-state index < -0.39 is 12.1 Å². The molecule has 126 valence electrons. The van der Waals surface area contributed by atoms with Crippen LogP contribution in [0, 0.1) is 18.8 Å². The highest BCUT2D eigenvalue weighted by molar-refractivity contribution is 7.12. The van der Waals surface area contributed by atoms with Gasteiger partial charge in [-0.15, -0.1) is 16.1 Å². The van der Waals surface area contributed by atoms with Crippen LogP contribution in [0.4, 0.5) is 0 Å². The van der Waals surface area contributed by atoms with Gasteiger partial charge in [-0.05, 0) is 25.1 Å². The number of aryl methyl sites for hydroxylation is 1. The highest BCUT2D eigenvalue weighted by Gasteiger charge is 2.13. The standard InChI is InChI=1S/C18H21N3O2S/c1-3-4-8-15(19)16(22)12-23-17-9-6-5-7-14(17)10-11-18-21-20-13(2)24-18/h5-7,9-11,15-16,22H,3,12,19H2,1-2H3. The monoisotopic (exact) mass is 343 g/mol. The van der Waals surface area contributed by atoms with Gasteiger partial charge in [0, 0.05) is 12.0 Å². The zero-order valence-electron chi connectivity index (χ0n) is 13.8. The van der Waals surface area contributed by atoms with Gasteiger partial charge < -0.3 is 15.6 Å². The average Bonchev–Trinajstić information content (AvgIpc) is 3.01. The van der Waals surface area contributed by atoms with Gasteiger partial charge in [-0.3, -0.25) is 0 Å². The Morgan fingerprint density at radius 2 is 2.12 bits per heavy atom. The number of ether oxygens (including phenoxy) is 1. The molecule has 0 saturated carbocycles. The summed E-state index contributed by atoms with van der Waals surface area (Å²) in [5.41, 5.74) is 6.71. The summed E-state index contributed by atoms with van der Waals surface area (Å²) >= 11 is 1.52. The van der Waals surface area contributed by atoms with Crippen LogP contribution in [0.15, 0.2) is 24.3 Å². The molecule has 0 aliphatic carbocycles. The molecule has 0 fully saturated rings. The number of benzene rings is 1. The molecule has 0 aliphatic heterocycles. The lowest BCUT2D eigenvalue weighted by molar-refractivity contribution is 0.0991. The summed E-state index contributed by atoms with van der Waals surface area (Å²) in [6, 6.07) is 6.97. The number of aromatic nitrogens is 2. The largest absolute Gasteiger partial charge is 0.490 e. The van der Waals surface area contributed by atoms with E-state index >= 15 is 0 Å². The number of nitrogens with zero attached hydrogens (tertiary/aromatic N) is 2. The lowest BCUT2D eigenvalue weighted by Gasteiger charge is -2.16. The van der Waals surface area contributed by atoms with Crippen LogP contribution >= 0.6 is 11.3 Å². The molecule has 0 bridgehead atoms. The van der Waals surface area contributed by atoms with E-state index in [4.69, 9.17) is 10.5 Å². The number of rotatable bonds is 6. The van der Waals surface area contributed by atoms with E-state index in [9.17, 15) is 5.11 Å². The molecule has 0 amide bonds. The Hall–Kier alpha value is -2.20. The van der Waals surface area contributed by atoms with Crippen molar-refractivity contribution in [2.75, 3.05) is 6.61 Å². The zero-order valence-corrected chi connectivity index (χ0v) is 14.6. The molecule has 5 nitrogen and oxygen atoms in total. The van der Waals surface area contributed by atoms with Crippen LogP contribution < -0.4 is 10.5 Å². The SMILES string of the molecule is CCC#CC(N)C(O)COc1ccccc1C=Cc1nnc(C)s1. The van der Waals surface area contributed by atoms with Crippen LogP contribution in [0.5, 0.6) is 5.75 Å². The second-order valence-corrected chi connectivity index (χ2v) is 6.32. The quantitative estimate of drug-likeness (QED) is 0.788. The van der Waals surface area contributed by atoms with Gasteiger partial charge in [0.05, 0.1) is 6.04 Å². The minimum Gasteiger partial charge on any atom is -0.490 e. The molecule has 2 unspecified atom stereocenters. The molecule has 2 rings (SSSR count). The summed E-state index contributed by atoms with van der Waals surface area (Å²) in [6.45, 7) is 3.94. The molecule has 1 aromatic carbocycles. The maximum atomic E-state index is 10.0. The molecular weight excluding hydrogens is 322 g/mol. The number of hydrogen-bond donors (Lipinski definition) is 2. The van der Waals surface area contributed by atoms with Crippen molar-refractivity contribution >= 4 is 23.5 Å². The molecule has 2 aromatic rings. The summed E-state index contributed by atoms with van der Waals surface area (Å²) < 4.78 is 5.71. The molecular formula is C18H21N3O2S. The van der Waals surface area contributed by atoms with Gasteiger partial charge in [0.15, 0.2) is 0 Å². The molecule has 1 heterocycles. The third-order valence-corrected chi connectivity index (χ3v) is 3.94. The number of para-hydroxylation sites is 1. The van der Waals surface area contributed by atoms with E-state index in [1.807, 2.05) is 50.3 Å². The van der Waals surface area contributed by atoms with E-state index in [-0.39, 0.29) is 6.61 Å². The molecule has 0 radical (unpaired) electrons. The highest BCUT2D eigenvalue weighted by Crippen LogP contribution is 2.21. The second kappa shape index (κ2) is 9.18. The molecule has 3 N–H and O–H groups in total. The van der Waals surface area contributed by atoms with Crippen molar-refractivity contribution in [1.82, 2.24) is 10.2 Å². The van der Waals surface area contributed by atoms with E-state index in [1.54, 1.807) is 0 Å². The first kappa shape index (κ1) is 18.1. The molecule has 0 spiro atoms. The topological polar surface area (TPSA) is 81.3 Å². The highest BCUT2D eigenvalue weighted by atomic mass is 32.1. The van der Waals surface area contributed by atoms with Crippen molar-refractivity contribution in [3.8, 4) is 17.6 Å². The summed E-state index contributed by atoms with van der Waals surface area (Å²) in [7, 11) is 0. The smallest absolute Gasteiger partial charge is 0.140 e. The van der Waals surface area contributed by atoms with Crippen LogP contribution in [-0.4, -0.2) is 34.1 Å². The van der Waals surface area contributed by atoms with Crippen LogP contribution in [-0.2, 0) is 0 Å². The van der Waals surface area contributed by atoms with Gasteiger partial charge in [-0.1, -0.05) is 42.4 Å². The molecule has 2 atom stereocenters. The third-order valence-electron chi connectivity index (χ3n) is 3.14. The Morgan fingerprint density at radius 3 is 2.83 bits per heavy atom. The fourth-order valence-electron chi connectivity index (χ4n) is 1.88. The summed E-state index contributed by atoms with van der Waals surface area (Å²) in [5, 5.41) is 19.8. The number of hydrogen-bond acceptors (Lipinski definition) is 6. The minimum absolute atomic E-state index is 0.0856. The first-order valence-corrected chi connectivity index (χ1v) is 8.54. The molecule has 6 heteroatoms. The van der Waals surface area contributed by atoms with Crippen LogP contribution in [0.25, 0.3) is 12.2 Å². The maximum Gasteiger partial charge on any atom is 0.140 e. The van der Waals surface area contributed by atoms with E-state index in [1.165, 1.54) is 11.3 Å². The Bertz CT molecular complexity index is 746. The predicted octanol–water partition coefficient (Wildman–Crippen LogP) is 2.50. The Labute approximate surface area is 146 Å². The normalized spacial score (nSPS) is 13.3. The lowest BCUT2D eigenvalue weighted by atomic mass is 10.1. The van der Waals surface area contributed by atoms with E-state index in [2.05, 4.69) is 22.0 Å². The molecule has 1 aromatic heterocycles.